The highest BCUT2D eigenvalue weighted by Gasteiger charge is 2.34. The van der Waals surface area contributed by atoms with Gasteiger partial charge in [0.25, 0.3) is 0 Å². The second-order valence-corrected chi connectivity index (χ2v) is 5.27. The molecule has 20 heavy (non-hydrogen) atoms. The molecule has 0 amide bonds. The fourth-order valence-electron chi connectivity index (χ4n) is 2.95. The van der Waals surface area contributed by atoms with Gasteiger partial charge in [0.15, 0.2) is 0 Å². The molecule has 0 bridgehead atoms. The van der Waals surface area contributed by atoms with Crippen LogP contribution in [-0.4, -0.2) is 19.6 Å². The van der Waals surface area contributed by atoms with Crippen LogP contribution < -0.4 is 10.2 Å². The predicted molar refractivity (Wildman–Crippen MR) is 74.9 cm³/mol. The Morgan fingerprint density at radius 3 is 2.70 bits per heavy atom. The molecule has 1 heterocycles. The number of alkyl halides is 3. The summed E-state index contributed by atoms with van der Waals surface area (Å²) >= 11 is 0. The van der Waals surface area contributed by atoms with Gasteiger partial charge in [-0.15, -0.1) is 0 Å². The van der Waals surface area contributed by atoms with E-state index in [-0.39, 0.29) is 6.54 Å². The van der Waals surface area contributed by atoms with Crippen molar-refractivity contribution in [2.24, 2.45) is 0 Å². The fraction of sp³-hybridized carbons (Fsp3) is 0.600. The van der Waals surface area contributed by atoms with Crippen molar-refractivity contribution in [3.05, 3.63) is 29.3 Å². The van der Waals surface area contributed by atoms with Gasteiger partial charge in [-0.2, -0.15) is 13.2 Å². The van der Waals surface area contributed by atoms with Gasteiger partial charge in [0, 0.05) is 24.8 Å². The lowest BCUT2D eigenvalue weighted by Crippen LogP contribution is -2.29. The molecule has 1 saturated heterocycles. The van der Waals surface area contributed by atoms with Gasteiger partial charge in [-0.25, -0.2) is 0 Å². The minimum absolute atomic E-state index is 0.229. The van der Waals surface area contributed by atoms with Gasteiger partial charge < -0.3 is 10.2 Å². The maximum absolute atomic E-state index is 13.2. The summed E-state index contributed by atoms with van der Waals surface area (Å²) in [6.07, 6.45) is -1.21. The predicted octanol–water partition coefficient (Wildman–Crippen LogP) is 3.80. The monoisotopic (exact) mass is 286 g/mol. The van der Waals surface area contributed by atoms with Gasteiger partial charge in [-0.05, 0) is 44.0 Å². The molecule has 112 valence electrons. The molecule has 0 radical (unpaired) electrons. The van der Waals surface area contributed by atoms with E-state index in [9.17, 15) is 13.2 Å². The quantitative estimate of drug-likeness (QED) is 0.905. The van der Waals surface area contributed by atoms with Crippen LogP contribution in [0, 0.1) is 0 Å². The maximum atomic E-state index is 13.2. The van der Waals surface area contributed by atoms with Crippen molar-refractivity contribution in [2.45, 2.75) is 44.9 Å². The third-order valence-electron chi connectivity index (χ3n) is 3.95. The first-order valence-corrected chi connectivity index (χ1v) is 7.08. The Kier molecular flexibility index (Phi) is 4.58. The summed E-state index contributed by atoms with van der Waals surface area (Å²) < 4.78 is 39.5. The molecule has 0 aromatic heterocycles. The lowest BCUT2D eigenvalue weighted by Gasteiger charge is -2.27. The molecular weight excluding hydrogens is 265 g/mol. The van der Waals surface area contributed by atoms with E-state index >= 15 is 0 Å². The number of nitrogens with one attached hydrogen (secondary N) is 1. The Morgan fingerprint density at radius 2 is 2.10 bits per heavy atom. The highest BCUT2D eigenvalue weighted by atomic mass is 19.4. The summed E-state index contributed by atoms with van der Waals surface area (Å²) in [5.74, 6) is 0. The second-order valence-electron chi connectivity index (χ2n) is 5.27. The number of anilines is 1. The van der Waals surface area contributed by atoms with Gasteiger partial charge in [0.05, 0.1) is 5.56 Å². The van der Waals surface area contributed by atoms with Gasteiger partial charge in [0.2, 0.25) is 0 Å². The number of halogens is 3. The normalized spacial score (nSPS) is 19.6. The van der Waals surface area contributed by atoms with E-state index in [0.717, 1.165) is 25.8 Å². The molecule has 0 spiro atoms. The summed E-state index contributed by atoms with van der Waals surface area (Å²) in [7, 11) is 1.65. The standard InChI is InChI=1S/C15H21F3N2/c1-3-12-5-4-8-20(12)13-7-6-11(10-19-2)14(9-13)15(16,17)18/h6-7,9,12,19H,3-5,8,10H2,1-2H3. The van der Waals surface area contributed by atoms with Crippen LogP contribution in [0.15, 0.2) is 18.2 Å². The molecule has 0 saturated carbocycles. The van der Waals surface area contributed by atoms with Crippen LogP contribution in [0.3, 0.4) is 0 Å². The molecule has 2 rings (SSSR count). The minimum atomic E-state index is -4.30. The van der Waals surface area contributed by atoms with Crippen LogP contribution >= 0.6 is 0 Å². The molecule has 1 N–H and O–H groups in total. The first-order chi connectivity index (χ1) is 9.47. The number of hydrogen-bond donors (Lipinski definition) is 1. The lowest BCUT2D eigenvalue weighted by molar-refractivity contribution is -0.138. The van der Waals surface area contributed by atoms with Crippen LogP contribution in [-0.2, 0) is 12.7 Å². The first kappa shape index (κ1) is 15.2. The number of hydrogen-bond acceptors (Lipinski definition) is 2. The smallest absolute Gasteiger partial charge is 0.369 e. The Labute approximate surface area is 118 Å². The van der Waals surface area contributed by atoms with E-state index in [0.29, 0.717) is 17.3 Å². The van der Waals surface area contributed by atoms with Gasteiger partial charge in [-0.1, -0.05) is 13.0 Å². The van der Waals surface area contributed by atoms with Crippen molar-refractivity contribution in [3.63, 3.8) is 0 Å². The fourth-order valence-corrected chi connectivity index (χ4v) is 2.95. The van der Waals surface area contributed by atoms with Crippen LogP contribution in [0.4, 0.5) is 18.9 Å². The zero-order chi connectivity index (χ0) is 14.8. The largest absolute Gasteiger partial charge is 0.416 e. The topological polar surface area (TPSA) is 15.3 Å². The zero-order valence-electron chi connectivity index (χ0n) is 11.9. The molecule has 5 heteroatoms. The summed E-state index contributed by atoms with van der Waals surface area (Å²) in [6, 6.07) is 5.09. The van der Waals surface area contributed by atoms with Crippen LogP contribution in [0.25, 0.3) is 0 Å². The zero-order valence-corrected chi connectivity index (χ0v) is 11.9. The molecule has 1 atom stereocenters. The average Bonchev–Trinajstić information content (AvgIpc) is 2.86. The van der Waals surface area contributed by atoms with Crippen LogP contribution in [0.5, 0.6) is 0 Å². The van der Waals surface area contributed by atoms with Crippen molar-refractivity contribution < 1.29 is 13.2 Å². The Morgan fingerprint density at radius 1 is 1.35 bits per heavy atom. The molecule has 1 aliphatic rings. The average molecular weight is 286 g/mol. The van der Waals surface area contributed by atoms with Crippen molar-refractivity contribution in [3.8, 4) is 0 Å². The number of benzene rings is 1. The third kappa shape index (κ3) is 3.08. The van der Waals surface area contributed by atoms with Crippen molar-refractivity contribution in [1.82, 2.24) is 5.32 Å². The molecule has 1 aromatic carbocycles. The van der Waals surface area contributed by atoms with Crippen LogP contribution in [0.1, 0.15) is 37.3 Å². The summed E-state index contributed by atoms with van der Waals surface area (Å²) in [5.41, 5.74) is 0.476. The minimum Gasteiger partial charge on any atom is -0.369 e. The second kappa shape index (κ2) is 6.04. The molecular formula is C15H21F3N2. The highest BCUT2D eigenvalue weighted by Crippen LogP contribution is 2.36. The van der Waals surface area contributed by atoms with E-state index < -0.39 is 11.7 Å². The molecule has 1 aliphatic heterocycles. The lowest BCUT2D eigenvalue weighted by atomic mass is 10.0. The number of rotatable bonds is 4. The molecule has 1 fully saturated rings. The Hall–Kier alpha value is -1.23. The van der Waals surface area contributed by atoms with E-state index in [1.54, 1.807) is 13.1 Å². The summed E-state index contributed by atoms with van der Waals surface area (Å²) in [6.45, 7) is 3.16. The van der Waals surface area contributed by atoms with E-state index in [1.807, 2.05) is 6.07 Å². The van der Waals surface area contributed by atoms with E-state index in [2.05, 4.69) is 17.1 Å². The van der Waals surface area contributed by atoms with Crippen molar-refractivity contribution in [1.29, 1.82) is 0 Å². The Balaban J connectivity index is 2.36. The molecule has 2 nitrogen and oxygen atoms in total. The van der Waals surface area contributed by atoms with Crippen molar-refractivity contribution >= 4 is 5.69 Å². The van der Waals surface area contributed by atoms with E-state index in [1.165, 1.54) is 6.07 Å². The van der Waals surface area contributed by atoms with Gasteiger partial charge in [-0.3, -0.25) is 0 Å². The highest BCUT2D eigenvalue weighted by molar-refractivity contribution is 5.53. The maximum Gasteiger partial charge on any atom is 0.416 e. The SMILES string of the molecule is CCC1CCCN1c1ccc(CNC)c(C(F)(F)F)c1. The van der Waals surface area contributed by atoms with Gasteiger partial charge in [0.1, 0.15) is 0 Å². The molecule has 1 unspecified atom stereocenters. The van der Waals surface area contributed by atoms with Crippen molar-refractivity contribution in [2.75, 3.05) is 18.5 Å². The Bertz CT molecular complexity index is 457. The molecule has 1 aromatic rings. The van der Waals surface area contributed by atoms with E-state index in [4.69, 9.17) is 0 Å². The first-order valence-electron chi connectivity index (χ1n) is 7.08. The number of nitrogens with zero attached hydrogens (tertiary/aromatic N) is 1. The summed E-state index contributed by atoms with van der Waals surface area (Å²) in [5, 5.41) is 2.79. The summed E-state index contributed by atoms with van der Waals surface area (Å²) in [4.78, 5) is 2.11. The van der Waals surface area contributed by atoms with Gasteiger partial charge >= 0.3 is 6.18 Å². The third-order valence-corrected chi connectivity index (χ3v) is 3.95. The molecule has 0 aliphatic carbocycles. The van der Waals surface area contributed by atoms with Crippen LogP contribution in [0.2, 0.25) is 0 Å².